The molecule has 0 unspecified atom stereocenters. The minimum absolute atomic E-state index is 0.274. The Balaban J connectivity index is 2.23. The molecule has 1 heterocycles. The van der Waals surface area contributed by atoms with Crippen LogP contribution < -0.4 is 4.68 Å². The molecule has 0 aromatic carbocycles. The van der Waals surface area contributed by atoms with Crippen LogP contribution in [-0.2, 0) is 5.41 Å². The summed E-state index contributed by atoms with van der Waals surface area (Å²) in [6.45, 7) is 6.73. The lowest BCUT2D eigenvalue weighted by molar-refractivity contribution is -0.753. The second-order valence-electron chi connectivity index (χ2n) is 4.75. The molecule has 1 aromatic heterocycles. The molecule has 2 heteroatoms. The van der Waals surface area contributed by atoms with E-state index in [0.717, 1.165) is 6.04 Å². The Kier molecular flexibility index (Phi) is 1.53. The molecule has 2 nitrogen and oxygen atoms in total. The summed E-state index contributed by atoms with van der Waals surface area (Å²) in [5, 5.41) is 3.29. The lowest BCUT2D eigenvalue weighted by Gasteiger charge is -2.12. The highest BCUT2D eigenvalue weighted by atomic mass is 15.3. The van der Waals surface area contributed by atoms with E-state index in [4.69, 9.17) is 0 Å². The smallest absolute Gasteiger partial charge is 0.173 e. The quantitative estimate of drug-likeness (QED) is 0.614. The Hall–Kier alpha value is -0.790. The van der Waals surface area contributed by atoms with Crippen LogP contribution in [0, 0.1) is 0 Å². The molecule has 0 spiro atoms. The highest BCUT2D eigenvalue weighted by Gasteiger charge is 2.34. The monoisotopic (exact) mass is 165 g/mol. The van der Waals surface area contributed by atoms with E-state index >= 15 is 0 Å². The van der Waals surface area contributed by atoms with Crippen molar-refractivity contribution in [2.75, 3.05) is 0 Å². The number of nitrogens with zero attached hydrogens (tertiary/aromatic N) is 1. The largest absolute Gasteiger partial charge is 0.199 e. The van der Waals surface area contributed by atoms with Crippen LogP contribution in [0.25, 0.3) is 0 Å². The third-order valence-electron chi connectivity index (χ3n) is 2.45. The fourth-order valence-corrected chi connectivity index (χ4v) is 1.34. The maximum atomic E-state index is 3.29. The molecule has 0 atom stereocenters. The van der Waals surface area contributed by atoms with E-state index < -0.39 is 0 Å². The molecule has 66 valence electrons. The van der Waals surface area contributed by atoms with Gasteiger partial charge in [0.05, 0.1) is 6.20 Å². The Labute approximate surface area is 73.6 Å². The van der Waals surface area contributed by atoms with Gasteiger partial charge < -0.3 is 0 Å². The van der Waals surface area contributed by atoms with Gasteiger partial charge in [0, 0.05) is 18.4 Å². The van der Waals surface area contributed by atoms with E-state index in [1.54, 1.807) is 0 Å². The van der Waals surface area contributed by atoms with Gasteiger partial charge in [0.25, 0.3) is 0 Å². The summed E-state index contributed by atoms with van der Waals surface area (Å²) in [6.07, 6.45) is 7.06. The molecule has 1 aromatic rings. The summed E-state index contributed by atoms with van der Waals surface area (Å²) in [7, 11) is 0. The standard InChI is InChI=1S/C10H16N2/c1-10(2,3)8-6-11-12(7-8)9-4-5-9/h6-7,9H,4-5H2,1-3H3/p+1. The molecular formula is C10H17N2+. The highest BCUT2D eigenvalue weighted by Crippen LogP contribution is 2.29. The van der Waals surface area contributed by atoms with Crippen molar-refractivity contribution in [3.63, 3.8) is 0 Å². The second-order valence-corrected chi connectivity index (χ2v) is 4.75. The number of aromatic nitrogens is 2. The Morgan fingerprint density at radius 2 is 2.08 bits per heavy atom. The maximum absolute atomic E-state index is 3.29. The van der Waals surface area contributed by atoms with Crippen molar-refractivity contribution < 1.29 is 4.68 Å². The Morgan fingerprint density at radius 1 is 1.42 bits per heavy atom. The van der Waals surface area contributed by atoms with Gasteiger partial charge in [-0.05, 0) is 5.41 Å². The maximum Gasteiger partial charge on any atom is 0.199 e. The normalized spacial score (nSPS) is 18.2. The highest BCUT2D eigenvalue weighted by molar-refractivity contribution is 5.12. The molecule has 2 rings (SSSR count). The van der Waals surface area contributed by atoms with Crippen LogP contribution in [0.4, 0.5) is 0 Å². The van der Waals surface area contributed by atoms with Crippen molar-refractivity contribution in [3.8, 4) is 0 Å². The van der Waals surface area contributed by atoms with Crippen LogP contribution in [0.3, 0.4) is 0 Å². The third kappa shape index (κ3) is 1.38. The van der Waals surface area contributed by atoms with Gasteiger partial charge in [-0.1, -0.05) is 20.8 Å². The molecule has 1 saturated carbocycles. The van der Waals surface area contributed by atoms with Gasteiger partial charge in [-0.15, -0.1) is 4.68 Å². The minimum atomic E-state index is 0.274. The first-order chi connectivity index (χ1) is 5.57. The number of nitrogens with one attached hydrogen (secondary N) is 1. The van der Waals surface area contributed by atoms with Gasteiger partial charge in [0.1, 0.15) is 0 Å². The average Bonchev–Trinajstić information content (AvgIpc) is 2.66. The SMILES string of the molecule is CC(C)(C)c1c[nH][n+](C2CC2)c1. The number of hydrogen-bond acceptors (Lipinski definition) is 0. The van der Waals surface area contributed by atoms with Crippen molar-refractivity contribution in [2.45, 2.75) is 45.1 Å². The molecule has 0 radical (unpaired) electrons. The first kappa shape index (κ1) is 7.84. The van der Waals surface area contributed by atoms with Gasteiger partial charge >= 0.3 is 0 Å². The van der Waals surface area contributed by atoms with E-state index in [1.165, 1.54) is 18.4 Å². The molecule has 1 fully saturated rings. The number of H-pyrrole nitrogens is 1. The lowest BCUT2D eigenvalue weighted by Crippen LogP contribution is -2.33. The number of aromatic amines is 1. The van der Waals surface area contributed by atoms with Crippen molar-refractivity contribution in [2.24, 2.45) is 0 Å². The summed E-state index contributed by atoms with van der Waals surface area (Å²) in [4.78, 5) is 0. The fourth-order valence-electron chi connectivity index (χ4n) is 1.34. The lowest BCUT2D eigenvalue weighted by atomic mass is 9.90. The van der Waals surface area contributed by atoms with E-state index in [-0.39, 0.29) is 5.41 Å². The molecule has 1 aliphatic carbocycles. The van der Waals surface area contributed by atoms with E-state index in [1.807, 2.05) is 0 Å². The topological polar surface area (TPSA) is 19.7 Å². The summed E-state index contributed by atoms with van der Waals surface area (Å²) in [5.41, 5.74) is 1.67. The number of hydrogen-bond donors (Lipinski definition) is 1. The van der Waals surface area contributed by atoms with Gasteiger partial charge in [0.15, 0.2) is 12.2 Å². The van der Waals surface area contributed by atoms with Crippen LogP contribution >= 0.6 is 0 Å². The molecule has 0 aliphatic heterocycles. The fraction of sp³-hybridized carbons (Fsp3) is 0.700. The molecule has 1 aliphatic rings. The van der Waals surface area contributed by atoms with Gasteiger partial charge in [0.2, 0.25) is 0 Å². The molecular weight excluding hydrogens is 148 g/mol. The van der Waals surface area contributed by atoms with Crippen LogP contribution in [0.5, 0.6) is 0 Å². The molecule has 1 N–H and O–H groups in total. The zero-order chi connectivity index (χ0) is 8.77. The van der Waals surface area contributed by atoms with E-state index in [9.17, 15) is 0 Å². The van der Waals surface area contributed by atoms with E-state index in [2.05, 4.69) is 42.9 Å². The molecule has 12 heavy (non-hydrogen) atoms. The minimum Gasteiger partial charge on any atom is -0.173 e. The van der Waals surface area contributed by atoms with Crippen LogP contribution in [0.2, 0.25) is 0 Å². The van der Waals surface area contributed by atoms with Crippen LogP contribution in [-0.4, -0.2) is 5.10 Å². The van der Waals surface area contributed by atoms with E-state index in [0.29, 0.717) is 0 Å². The predicted octanol–water partition coefficient (Wildman–Crippen LogP) is 1.93. The average molecular weight is 165 g/mol. The third-order valence-corrected chi connectivity index (χ3v) is 2.45. The van der Waals surface area contributed by atoms with Crippen molar-refractivity contribution in [1.29, 1.82) is 0 Å². The summed E-state index contributed by atoms with van der Waals surface area (Å²) < 4.78 is 2.24. The molecule has 0 bridgehead atoms. The van der Waals surface area contributed by atoms with Gasteiger partial charge in [-0.25, -0.2) is 0 Å². The first-order valence-corrected chi connectivity index (χ1v) is 4.67. The summed E-state index contributed by atoms with van der Waals surface area (Å²) in [5.74, 6) is 0. The second kappa shape index (κ2) is 2.35. The van der Waals surface area contributed by atoms with Gasteiger partial charge in [-0.2, -0.15) is 5.10 Å². The predicted molar refractivity (Wildman–Crippen MR) is 48.0 cm³/mol. The molecule has 0 amide bonds. The summed E-state index contributed by atoms with van der Waals surface area (Å²) >= 11 is 0. The molecule has 0 saturated heterocycles. The van der Waals surface area contributed by atoms with Gasteiger partial charge in [-0.3, -0.25) is 0 Å². The van der Waals surface area contributed by atoms with Crippen molar-refractivity contribution in [1.82, 2.24) is 5.10 Å². The van der Waals surface area contributed by atoms with Crippen LogP contribution in [0.1, 0.15) is 45.2 Å². The van der Waals surface area contributed by atoms with Crippen LogP contribution in [0.15, 0.2) is 12.4 Å². The summed E-state index contributed by atoms with van der Waals surface area (Å²) in [6, 6.07) is 0.765. The van der Waals surface area contributed by atoms with Crippen molar-refractivity contribution >= 4 is 0 Å². The number of rotatable bonds is 1. The Morgan fingerprint density at radius 3 is 2.50 bits per heavy atom. The zero-order valence-electron chi connectivity index (χ0n) is 8.09. The Bertz CT molecular complexity index is 276. The zero-order valence-corrected chi connectivity index (χ0v) is 8.09. The first-order valence-electron chi connectivity index (χ1n) is 4.67. The van der Waals surface area contributed by atoms with Crippen molar-refractivity contribution in [3.05, 3.63) is 18.0 Å².